The van der Waals surface area contributed by atoms with Crippen LogP contribution in [0.2, 0.25) is 0 Å². The third kappa shape index (κ3) is 5.40. The van der Waals surface area contributed by atoms with Crippen molar-refractivity contribution in [3.63, 3.8) is 0 Å². The Morgan fingerprint density at radius 3 is 1.86 bits per heavy atom. The van der Waals surface area contributed by atoms with E-state index in [2.05, 4.69) is 19.2 Å². The van der Waals surface area contributed by atoms with Crippen LogP contribution in [0.3, 0.4) is 0 Å². The van der Waals surface area contributed by atoms with E-state index in [1.807, 2.05) is 24.3 Å². The van der Waals surface area contributed by atoms with Crippen LogP contribution in [0, 0.1) is 0 Å². The maximum Gasteiger partial charge on any atom is 0.339 e. The number of rotatable bonds is 8. The smallest absolute Gasteiger partial charge is 0.339 e. The molecular weight excluding hydrogens is 374 g/mol. The van der Waals surface area contributed by atoms with Gasteiger partial charge in [-0.15, -0.1) is 0 Å². The van der Waals surface area contributed by atoms with Crippen molar-refractivity contribution >= 4 is 17.6 Å². The molecule has 29 heavy (non-hydrogen) atoms. The Balaban J connectivity index is 2.08. The first-order valence-electron chi connectivity index (χ1n) is 9.22. The maximum absolute atomic E-state index is 12.5. The number of hydrogen-bond donors (Lipinski definition) is 1. The number of anilines is 1. The van der Waals surface area contributed by atoms with E-state index in [0.717, 1.165) is 0 Å². The number of nitrogens with one attached hydrogen (secondary N) is 1. The standard InChI is InChI=1S/C22H27NO6/c1-13(2)15-7-9-17(10-8-15)23-21(24)14(3)29-22(25)16-11-18(26-4)20(28-6)19(12-16)27-5/h7-14H,1-6H3,(H,23,24)/t14-/m1/s1. The normalized spacial score (nSPS) is 11.6. The number of benzene rings is 2. The molecule has 0 spiro atoms. The van der Waals surface area contributed by atoms with Gasteiger partial charge in [-0.3, -0.25) is 4.79 Å². The van der Waals surface area contributed by atoms with Crippen molar-refractivity contribution in [3.05, 3.63) is 47.5 Å². The topological polar surface area (TPSA) is 83.1 Å². The fourth-order valence-corrected chi connectivity index (χ4v) is 2.68. The molecule has 0 aromatic heterocycles. The second kappa shape index (κ2) is 9.82. The van der Waals surface area contributed by atoms with Crippen molar-refractivity contribution in [2.75, 3.05) is 26.6 Å². The van der Waals surface area contributed by atoms with Crippen molar-refractivity contribution in [1.82, 2.24) is 0 Å². The molecule has 2 aromatic rings. The summed E-state index contributed by atoms with van der Waals surface area (Å²) in [5.41, 5.74) is 1.99. The minimum Gasteiger partial charge on any atom is -0.493 e. The predicted molar refractivity (Wildman–Crippen MR) is 110 cm³/mol. The Bertz CT molecular complexity index is 835. The molecule has 1 amide bonds. The SMILES string of the molecule is COc1cc(C(=O)O[C@H](C)C(=O)Nc2ccc(C(C)C)cc2)cc(OC)c1OC. The van der Waals surface area contributed by atoms with Crippen molar-refractivity contribution < 1.29 is 28.5 Å². The van der Waals surface area contributed by atoms with Gasteiger partial charge < -0.3 is 24.3 Å². The zero-order valence-corrected chi connectivity index (χ0v) is 17.6. The fourth-order valence-electron chi connectivity index (χ4n) is 2.68. The van der Waals surface area contributed by atoms with Crippen LogP contribution in [0.1, 0.15) is 42.6 Å². The highest BCUT2D eigenvalue weighted by atomic mass is 16.5. The zero-order valence-electron chi connectivity index (χ0n) is 17.6. The lowest BCUT2D eigenvalue weighted by atomic mass is 10.0. The highest BCUT2D eigenvalue weighted by molar-refractivity contribution is 5.97. The van der Waals surface area contributed by atoms with Crippen LogP contribution in [0.15, 0.2) is 36.4 Å². The molecule has 156 valence electrons. The third-order valence-electron chi connectivity index (χ3n) is 4.40. The molecule has 0 aliphatic rings. The van der Waals surface area contributed by atoms with Gasteiger partial charge in [0, 0.05) is 5.69 Å². The van der Waals surface area contributed by atoms with Gasteiger partial charge in [0.25, 0.3) is 5.91 Å². The summed E-state index contributed by atoms with van der Waals surface area (Å²) >= 11 is 0. The maximum atomic E-state index is 12.5. The summed E-state index contributed by atoms with van der Waals surface area (Å²) < 4.78 is 21.0. The molecule has 0 aliphatic carbocycles. The molecule has 7 nitrogen and oxygen atoms in total. The molecule has 2 rings (SSSR count). The molecule has 0 unspecified atom stereocenters. The van der Waals surface area contributed by atoms with Crippen molar-refractivity contribution in [2.24, 2.45) is 0 Å². The van der Waals surface area contributed by atoms with Crippen molar-refractivity contribution in [2.45, 2.75) is 32.8 Å². The van der Waals surface area contributed by atoms with Gasteiger partial charge in [-0.25, -0.2) is 4.79 Å². The Labute approximate surface area is 170 Å². The minimum atomic E-state index is -0.994. The molecule has 1 N–H and O–H groups in total. The van der Waals surface area contributed by atoms with E-state index in [-0.39, 0.29) is 5.56 Å². The van der Waals surface area contributed by atoms with Gasteiger partial charge in [0.05, 0.1) is 26.9 Å². The number of carbonyl (C=O) groups excluding carboxylic acids is 2. The second-order valence-corrected chi connectivity index (χ2v) is 6.73. The second-order valence-electron chi connectivity index (χ2n) is 6.73. The average Bonchev–Trinajstić information content (AvgIpc) is 2.72. The van der Waals surface area contributed by atoms with E-state index in [9.17, 15) is 9.59 Å². The lowest BCUT2D eigenvalue weighted by molar-refractivity contribution is -0.123. The highest BCUT2D eigenvalue weighted by Crippen LogP contribution is 2.38. The summed E-state index contributed by atoms with van der Waals surface area (Å²) in [5.74, 6) is 0.299. The van der Waals surface area contributed by atoms with Gasteiger partial charge in [-0.2, -0.15) is 0 Å². The molecule has 0 saturated heterocycles. The van der Waals surface area contributed by atoms with E-state index in [4.69, 9.17) is 18.9 Å². The van der Waals surface area contributed by atoms with E-state index in [0.29, 0.717) is 28.9 Å². The Hall–Kier alpha value is -3.22. The summed E-state index contributed by atoms with van der Waals surface area (Å²) in [5, 5.41) is 2.74. The molecular formula is C22H27NO6. The number of methoxy groups -OCH3 is 3. The van der Waals surface area contributed by atoms with Gasteiger partial charge >= 0.3 is 5.97 Å². The summed E-state index contributed by atoms with van der Waals surface area (Å²) in [6.07, 6.45) is -0.994. The number of amides is 1. The van der Waals surface area contributed by atoms with Crippen LogP contribution in [0.5, 0.6) is 17.2 Å². The van der Waals surface area contributed by atoms with Crippen molar-refractivity contribution in [1.29, 1.82) is 0 Å². The number of hydrogen-bond acceptors (Lipinski definition) is 6. The summed E-state index contributed by atoms with van der Waals surface area (Å²) in [6.45, 7) is 5.70. The Morgan fingerprint density at radius 2 is 1.41 bits per heavy atom. The predicted octanol–water partition coefficient (Wildman–Crippen LogP) is 4.02. The molecule has 1 atom stereocenters. The Morgan fingerprint density at radius 1 is 0.862 bits per heavy atom. The number of ether oxygens (including phenoxy) is 4. The number of esters is 1. The van der Waals surface area contributed by atoms with E-state index < -0.39 is 18.0 Å². The molecule has 0 aliphatic heterocycles. The minimum absolute atomic E-state index is 0.181. The van der Waals surface area contributed by atoms with Crippen LogP contribution < -0.4 is 19.5 Å². The average molecular weight is 401 g/mol. The molecule has 0 fully saturated rings. The van der Waals surface area contributed by atoms with E-state index in [1.54, 1.807) is 0 Å². The van der Waals surface area contributed by atoms with Crippen LogP contribution in [0.25, 0.3) is 0 Å². The summed E-state index contributed by atoms with van der Waals surface area (Å²) in [4.78, 5) is 24.9. The van der Waals surface area contributed by atoms with Gasteiger partial charge in [0.1, 0.15) is 0 Å². The summed E-state index contributed by atoms with van der Waals surface area (Å²) in [6, 6.07) is 10.5. The van der Waals surface area contributed by atoms with Gasteiger partial charge in [-0.05, 0) is 42.7 Å². The van der Waals surface area contributed by atoms with Crippen LogP contribution in [-0.2, 0) is 9.53 Å². The molecule has 7 heteroatoms. The first-order valence-corrected chi connectivity index (χ1v) is 9.22. The summed E-state index contributed by atoms with van der Waals surface area (Å²) in [7, 11) is 4.37. The van der Waals surface area contributed by atoms with Crippen molar-refractivity contribution in [3.8, 4) is 17.2 Å². The van der Waals surface area contributed by atoms with E-state index in [1.165, 1.54) is 45.9 Å². The van der Waals surface area contributed by atoms with Crippen LogP contribution >= 0.6 is 0 Å². The number of carbonyl (C=O) groups is 2. The van der Waals surface area contributed by atoms with Crippen LogP contribution in [-0.4, -0.2) is 39.3 Å². The molecule has 0 saturated carbocycles. The third-order valence-corrected chi connectivity index (χ3v) is 4.40. The Kier molecular flexibility index (Phi) is 7.47. The van der Waals surface area contributed by atoms with E-state index >= 15 is 0 Å². The van der Waals surface area contributed by atoms with Gasteiger partial charge in [-0.1, -0.05) is 26.0 Å². The molecule has 0 heterocycles. The lowest BCUT2D eigenvalue weighted by Crippen LogP contribution is -2.30. The molecule has 2 aromatic carbocycles. The monoisotopic (exact) mass is 401 g/mol. The highest BCUT2D eigenvalue weighted by Gasteiger charge is 2.22. The van der Waals surface area contributed by atoms with Crippen LogP contribution in [0.4, 0.5) is 5.69 Å². The largest absolute Gasteiger partial charge is 0.493 e. The first-order chi connectivity index (χ1) is 13.8. The van der Waals surface area contributed by atoms with Gasteiger partial charge in [0.15, 0.2) is 17.6 Å². The van der Waals surface area contributed by atoms with Gasteiger partial charge in [0.2, 0.25) is 5.75 Å². The molecule has 0 radical (unpaired) electrons. The molecule has 0 bridgehead atoms. The zero-order chi connectivity index (χ0) is 21.6. The first kappa shape index (κ1) is 22.1. The fraction of sp³-hybridized carbons (Fsp3) is 0.364. The lowest BCUT2D eigenvalue weighted by Gasteiger charge is -2.16. The quantitative estimate of drug-likeness (QED) is 0.673.